The number of carbonyl (C=O) groups is 1. The summed E-state index contributed by atoms with van der Waals surface area (Å²) >= 11 is 4.98. The van der Waals surface area contributed by atoms with Gasteiger partial charge in [-0.15, -0.1) is 11.3 Å². The van der Waals surface area contributed by atoms with E-state index in [1.165, 1.54) is 16.9 Å². The number of thiophene rings is 1. The molecule has 0 bridgehead atoms. The second-order valence-electron chi connectivity index (χ2n) is 5.57. The number of nitrogens with one attached hydrogen (secondary N) is 2. The average Bonchev–Trinajstić information content (AvgIpc) is 2.98. The number of carbonyl (C=O) groups excluding carboxylic acids is 1. The van der Waals surface area contributed by atoms with Crippen LogP contribution >= 0.6 is 27.3 Å². The summed E-state index contributed by atoms with van der Waals surface area (Å²) in [6.07, 6.45) is -2.92. The third-order valence-corrected chi connectivity index (χ3v) is 6.47. The molecule has 0 fully saturated rings. The molecule has 1 heterocycles. The van der Waals surface area contributed by atoms with E-state index >= 15 is 0 Å². The number of anilines is 1. The molecule has 1 aromatic heterocycles. The minimum Gasteiger partial charge on any atom is -0.326 e. The molecular weight excluding hydrogens is 469 g/mol. The summed E-state index contributed by atoms with van der Waals surface area (Å²) in [5, 5.41) is 2.63. The first-order valence-electron chi connectivity index (χ1n) is 7.76. The smallest absolute Gasteiger partial charge is 0.326 e. The highest BCUT2D eigenvalue weighted by atomic mass is 79.9. The molecule has 1 amide bonds. The van der Waals surface area contributed by atoms with Gasteiger partial charge in [0.1, 0.15) is 6.54 Å². The monoisotopic (exact) mass is 484 g/mol. The SMILES string of the molecule is O=C(CCCc1ccc(Br)s1)Nc1ccc(S(=O)(=O)NCC(F)(F)F)cc1. The van der Waals surface area contributed by atoms with Gasteiger partial charge in [0.25, 0.3) is 0 Å². The lowest BCUT2D eigenvalue weighted by Crippen LogP contribution is -2.33. The number of alkyl halides is 3. The van der Waals surface area contributed by atoms with Crippen molar-refractivity contribution in [1.29, 1.82) is 0 Å². The number of rotatable bonds is 8. The molecule has 0 unspecified atom stereocenters. The minimum absolute atomic E-state index is 0.226. The van der Waals surface area contributed by atoms with Gasteiger partial charge in [-0.1, -0.05) is 0 Å². The van der Waals surface area contributed by atoms with E-state index in [4.69, 9.17) is 0 Å². The van der Waals surface area contributed by atoms with Crippen molar-refractivity contribution in [3.8, 4) is 0 Å². The molecule has 0 aliphatic carbocycles. The Hall–Kier alpha value is -1.43. The Morgan fingerprint density at radius 3 is 2.33 bits per heavy atom. The van der Waals surface area contributed by atoms with Gasteiger partial charge in [0.05, 0.1) is 8.68 Å². The van der Waals surface area contributed by atoms with Gasteiger partial charge in [0.2, 0.25) is 15.9 Å². The van der Waals surface area contributed by atoms with Gasteiger partial charge in [-0.25, -0.2) is 13.1 Å². The Morgan fingerprint density at radius 1 is 1.11 bits per heavy atom. The van der Waals surface area contributed by atoms with E-state index in [-0.39, 0.29) is 10.8 Å². The Morgan fingerprint density at radius 2 is 1.78 bits per heavy atom. The van der Waals surface area contributed by atoms with Crippen molar-refractivity contribution in [3.63, 3.8) is 0 Å². The number of sulfonamides is 1. The predicted octanol–water partition coefficient (Wildman–Crippen LogP) is 4.31. The van der Waals surface area contributed by atoms with Crippen LogP contribution < -0.4 is 10.0 Å². The predicted molar refractivity (Wildman–Crippen MR) is 101 cm³/mol. The first-order chi connectivity index (χ1) is 12.5. The average molecular weight is 485 g/mol. The van der Waals surface area contributed by atoms with Crippen LogP contribution in [0.2, 0.25) is 0 Å². The molecule has 148 valence electrons. The molecule has 0 saturated carbocycles. The molecule has 27 heavy (non-hydrogen) atoms. The van der Waals surface area contributed by atoms with E-state index in [1.807, 2.05) is 12.1 Å². The molecule has 0 spiro atoms. The second kappa shape index (κ2) is 9.18. The van der Waals surface area contributed by atoms with Crippen LogP contribution in [0.1, 0.15) is 17.7 Å². The van der Waals surface area contributed by atoms with Crippen molar-refractivity contribution in [2.24, 2.45) is 0 Å². The highest BCUT2D eigenvalue weighted by Gasteiger charge is 2.30. The first kappa shape index (κ1) is 21.9. The van der Waals surface area contributed by atoms with Crippen LogP contribution in [0, 0.1) is 0 Å². The van der Waals surface area contributed by atoms with Crippen LogP contribution in [0.25, 0.3) is 0 Å². The highest BCUT2D eigenvalue weighted by molar-refractivity contribution is 9.11. The van der Waals surface area contributed by atoms with Gasteiger partial charge >= 0.3 is 6.18 Å². The maximum atomic E-state index is 12.1. The fourth-order valence-corrected chi connectivity index (χ4v) is 4.65. The second-order valence-corrected chi connectivity index (χ2v) is 9.89. The van der Waals surface area contributed by atoms with E-state index in [0.29, 0.717) is 18.5 Å². The largest absolute Gasteiger partial charge is 0.402 e. The van der Waals surface area contributed by atoms with Gasteiger partial charge < -0.3 is 5.32 Å². The van der Waals surface area contributed by atoms with Crippen molar-refractivity contribution in [1.82, 2.24) is 4.72 Å². The van der Waals surface area contributed by atoms with Crippen LogP contribution in [0.5, 0.6) is 0 Å². The molecule has 0 aliphatic rings. The molecule has 0 saturated heterocycles. The van der Waals surface area contributed by atoms with Crippen LogP contribution in [-0.4, -0.2) is 27.0 Å². The molecule has 0 atom stereocenters. The van der Waals surface area contributed by atoms with Crippen molar-refractivity contribution in [2.45, 2.75) is 30.3 Å². The summed E-state index contributed by atoms with van der Waals surface area (Å²) < 4.78 is 62.5. The summed E-state index contributed by atoms with van der Waals surface area (Å²) in [7, 11) is -4.27. The van der Waals surface area contributed by atoms with Gasteiger partial charge in [-0.2, -0.15) is 13.2 Å². The van der Waals surface area contributed by atoms with E-state index in [1.54, 1.807) is 11.3 Å². The summed E-state index contributed by atoms with van der Waals surface area (Å²) in [4.78, 5) is 12.8. The maximum absolute atomic E-state index is 12.1. The third-order valence-electron chi connectivity index (χ3n) is 3.37. The van der Waals surface area contributed by atoms with E-state index in [9.17, 15) is 26.4 Å². The number of hydrogen-bond acceptors (Lipinski definition) is 4. The van der Waals surface area contributed by atoms with E-state index < -0.39 is 22.7 Å². The summed E-state index contributed by atoms with van der Waals surface area (Å²) in [6.45, 7) is -1.64. The van der Waals surface area contributed by atoms with Crippen molar-refractivity contribution >= 4 is 48.9 Å². The Balaban J connectivity index is 1.84. The van der Waals surface area contributed by atoms with Gasteiger partial charge in [-0.05, 0) is 65.2 Å². The Bertz CT molecular complexity index is 881. The van der Waals surface area contributed by atoms with Crippen molar-refractivity contribution < 1.29 is 26.4 Å². The van der Waals surface area contributed by atoms with Gasteiger partial charge in [0, 0.05) is 17.0 Å². The summed E-state index contributed by atoms with van der Waals surface area (Å²) in [5.41, 5.74) is 0.369. The fraction of sp³-hybridized carbons (Fsp3) is 0.312. The molecule has 2 rings (SSSR count). The standard InChI is InChI=1S/C16H16BrF3N2O3S2/c17-14-9-6-12(26-14)2-1-3-15(23)22-11-4-7-13(8-5-11)27(24,25)21-10-16(18,19)20/h4-9,21H,1-3,10H2,(H,22,23). The molecule has 2 N–H and O–H groups in total. The van der Waals surface area contributed by atoms with E-state index in [2.05, 4.69) is 21.2 Å². The molecule has 2 aromatic rings. The Kier molecular flexibility index (Phi) is 7.43. The lowest BCUT2D eigenvalue weighted by atomic mass is 10.2. The number of amides is 1. The van der Waals surface area contributed by atoms with Crippen molar-refractivity contribution in [3.05, 3.63) is 45.1 Å². The van der Waals surface area contributed by atoms with Crippen LogP contribution in [0.3, 0.4) is 0 Å². The molecule has 0 aliphatic heterocycles. The van der Waals surface area contributed by atoms with Crippen LogP contribution in [-0.2, 0) is 21.2 Å². The zero-order valence-corrected chi connectivity index (χ0v) is 17.1. The Labute approximate surface area is 167 Å². The lowest BCUT2D eigenvalue weighted by Gasteiger charge is -2.10. The van der Waals surface area contributed by atoms with Gasteiger partial charge in [0.15, 0.2) is 0 Å². The molecule has 0 radical (unpaired) electrons. The highest BCUT2D eigenvalue weighted by Crippen LogP contribution is 2.23. The molecule has 11 heteroatoms. The zero-order valence-electron chi connectivity index (χ0n) is 13.8. The zero-order chi connectivity index (χ0) is 20.1. The number of benzene rings is 1. The van der Waals surface area contributed by atoms with Gasteiger partial charge in [-0.3, -0.25) is 4.79 Å². The van der Waals surface area contributed by atoms with Crippen LogP contribution in [0.4, 0.5) is 18.9 Å². The normalized spacial score (nSPS) is 12.1. The fourth-order valence-electron chi connectivity index (χ4n) is 2.11. The maximum Gasteiger partial charge on any atom is 0.402 e. The number of hydrogen-bond donors (Lipinski definition) is 2. The molecular formula is C16H16BrF3N2O3S2. The lowest BCUT2D eigenvalue weighted by molar-refractivity contribution is -0.121. The number of aryl methyl sites for hydroxylation is 1. The van der Waals surface area contributed by atoms with E-state index in [0.717, 1.165) is 27.2 Å². The summed E-state index contributed by atoms with van der Waals surface area (Å²) in [5.74, 6) is -0.226. The molecule has 1 aromatic carbocycles. The topological polar surface area (TPSA) is 75.3 Å². The van der Waals surface area contributed by atoms with Crippen LogP contribution in [0.15, 0.2) is 45.1 Å². The molecule has 5 nitrogen and oxygen atoms in total. The van der Waals surface area contributed by atoms with Crippen molar-refractivity contribution in [2.75, 3.05) is 11.9 Å². The quantitative estimate of drug-likeness (QED) is 0.585. The number of halogens is 4. The first-order valence-corrected chi connectivity index (χ1v) is 10.8. The summed E-state index contributed by atoms with van der Waals surface area (Å²) in [6, 6.07) is 8.86. The minimum atomic E-state index is -4.64. The third kappa shape index (κ3) is 7.60.